The molecule has 0 bridgehead atoms. The standard InChI is InChI=1S/C19H26N4OS/c24-19(18-5-4-17(25-18)16-3-1-9-20-16)22-12-6-15(7-13-22)8-14-23-11-2-10-21-23/h2,4-5,10-11,15-16,20H,1,3,6-9,12-14H2. The smallest absolute Gasteiger partial charge is 0.263 e. The largest absolute Gasteiger partial charge is 0.338 e. The van der Waals surface area contributed by atoms with Gasteiger partial charge in [-0.15, -0.1) is 11.3 Å². The predicted molar refractivity (Wildman–Crippen MR) is 99.8 cm³/mol. The van der Waals surface area contributed by atoms with Crippen molar-refractivity contribution in [2.75, 3.05) is 19.6 Å². The maximum absolute atomic E-state index is 12.8. The Balaban J connectivity index is 1.27. The second-order valence-corrected chi connectivity index (χ2v) is 8.26. The van der Waals surface area contributed by atoms with Crippen LogP contribution in [0.5, 0.6) is 0 Å². The molecule has 4 heterocycles. The summed E-state index contributed by atoms with van der Waals surface area (Å²) in [6.07, 6.45) is 9.64. The van der Waals surface area contributed by atoms with Crippen molar-refractivity contribution in [2.24, 2.45) is 5.92 Å². The van der Waals surface area contributed by atoms with Crippen LogP contribution in [-0.2, 0) is 6.54 Å². The molecule has 2 aliphatic heterocycles. The first-order valence-corrected chi connectivity index (χ1v) is 10.2. The quantitative estimate of drug-likeness (QED) is 0.892. The van der Waals surface area contributed by atoms with Gasteiger partial charge in [0.15, 0.2) is 0 Å². The Labute approximate surface area is 153 Å². The van der Waals surface area contributed by atoms with Gasteiger partial charge < -0.3 is 10.2 Å². The molecule has 1 unspecified atom stereocenters. The molecule has 0 radical (unpaired) electrons. The van der Waals surface area contributed by atoms with Gasteiger partial charge in [-0.3, -0.25) is 9.48 Å². The third-order valence-electron chi connectivity index (χ3n) is 5.47. The zero-order valence-corrected chi connectivity index (χ0v) is 15.4. The minimum atomic E-state index is 0.222. The average molecular weight is 359 g/mol. The summed E-state index contributed by atoms with van der Waals surface area (Å²) in [5.74, 6) is 0.926. The molecule has 0 aromatic carbocycles. The van der Waals surface area contributed by atoms with Crippen LogP contribution in [0.2, 0.25) is 0 Å². The number of nitrogens with one attached hydrogen (secondary N) is 1. The van der Waals surface area contributed by atoms with Crippen LogP contribution >= 0.6 is 11.3 Å². The molecule has 1 N–H and O–H groups in total. The second-order valence-electron chi connectivity index (χ2n) is 7.14. The third-order valence-corrected chi connectivity index (χ3v) is 6.66. The van der Waals surface area contributed by atoms with Crippen molar-refractivity contribution in [1.29, 1.82) is 0 Å². The van der Waals surface area contributed by atoms with Crippen molar-refractivity contribution in [3.63, 3.8) is 0 Å². The summed E-state index contributed by atoms with van der Waals surface area (Å²) in [5, 5.41) is 7.78. The van der Waals surface area contributed by atoms with E-state index in [1.165, 1.54) is 17.7 Å². The Kier molecular flexibility index (Phi) is 5.17. The van der Waals surface area contributed by atoms with Gasteiger partial charge in [0.25, 0.3) is 5.91 Å². The van der Waals surface area contributed by atoms with Crippen LogP contribution in [0.3, 0.4) is 0 Å². The number of carbonyl (C=O) groups excluding carboxylic acids is 1. The van der Waals surface area contributed by atoms with E-state index in [2.05, 4.69) is 16.5 Å². The average Bonchev–Trinajstić information content (AvgIpc) is 3.42. The molecule has 1 atom stereocenters. The van der Waals surface area contributed by atoms with Crippen LogP contribution in [-0.4, -0.2) is 40.2 Å². The molecule has 0 aliphatic carbocycles. The van der Waals surface area contributed by atoms with E-state index in [0.29, 0.717) is 12.0 Å². The Hall–Kier alpha value is -1.66. The fourth-order valence-corrected chi connectivity index (χ4v) is 5.00. The first-order chi connectivity index (χ1) is 12.3. The number of aryl methyl sites for hydroxylation is 1. The van der Waals surface area contributed by atoms with Crippen LogP contribution in [0.1, 0.15) is 52.7 Å². The number of hydrogen-bond acceptors (Lipinski definition) is 4. The lowest BCUT2D eigenvalue weighted by Crippen LogP contribution is -2.38. The van der Waals surface area contributed by atoms with Gasteiger partial charge in [0, 0.05) is 42.9 Å². The maximum atomic E-state index is 12.8. The summed E-state index contributed by atoms with van der Waals surface area (Å²) >= 11 is 1.68. The molecule has 0 saturated carbocycles. The van der Waals surface area contributed by atoms with Crippen LogP contribution in [0.4, 0.5) is 0 Å². The maximum Gasteiger partial charge on any atom is 0.263 e. The van der Waals surface area contributed by atoms with Crippen LogP contribution in [0, 0.1) is 5.92 Å². The summed E-state index contributed by atoms with van der Waals surface area (Å²) in [7, 11) is 0. The topological polar surface area (TPSA) is 50.2 Å². The number of nitrogens with zero attached hydrogens (tertiary/aromatic N) is 3. The molecule has 6 heteroatoms. The highest BCUT2D eigenvalue weighted by atomic mass is 32.1. The van der Waals surface area contributed by atoms with Gasteiger partial charge in [-0.1, -0.05) is 0 Å². The summed E-state index contributed by atoms with van der Waals surface area (Å²) in [4.78, 5) is 17.0. The molecule has 2 aliphatic rings. The van der Waals surface area contributed by atoms with Crippen molar-refractivity contribution >= 4 is 17.2 Å². The van der Waals surface area contributed by atoms with E-state index in [1.54, 1.807) is 11.3 Å². The van der Waals surface area contributed by atoms with E-state index < -0.39 is 0 Å². The molecular formula is C19H26N4OS. The van der Waals surface area contributed by atoms with Gasteiger partial charge in [-0.25, -0.2) is 0 Å². The molecule has 2 fully saturated rings. The van der Waals surface area contributed by atoms with Crippen molar-refractivity contribution in [3.05, 3.63) is 40.3 Å². The van der Waals surface area contributed by atoms with Crippen molar-refractivity contribution in [2.45, 2.75) is 44.7 Å². The van der Waals surface area contributed by atoms with E-state index in [0.717, 1.165) is 50.3 Å². The molecule has 134 valence electrons. The van der Waals surface area contributed by atoms with E-state index in [4.69, 9.17) is 0 Å². The number of thiophene rings is 1. The first-order valence-electron chi connectivity index (χ1n) is 9.39. The number of amides is 1. The lowest BCUT2D eigenvalue weighted by atomic mass is 9.93. The fraction of sp³-hybridized carbons (Fsp3) is 0.579. The van der Waals surface area contributed by atoms with Crippen molar-refractivity contribution in [1.82, 2.24) is 20.0 Å². The number of piperidine rings is 1. The van der Waals surface area contributed by atoms with E-state index in [-0.39, 0.29) is 5.91 Å². The van der Waals surface area contributed by atoms with Crippen LogP contribution in [0.25, 0.3) is 0 Å². The third kappa shape index (κ3) is 3.96. The van der Waals surface area contributed by atoms with Crippen LogP contribution < -0.4 is 5.32 Å². The number of carbonyl (C=O) groups is 1. The van der Waals surface area contributed by atoms with Crippen LogP contribution in [0.15, 0.2) is 30.6 Å². The minimum absolute atomic E-state index is 0.222. The zero-order chi connectivity index (χ0) is 17.1. The van der Waals surface area contributed by atoms with E-state index >= 15 is 0 Å². The molecular weight excluding hydrogens is 332 g/mol. The highest BCUT2D eigenvalue weighted by Crippen LogP contribution is 2.31. The number of likely N-dealkylation sites (tertiary alicyclic amines) is 1. The molecule has 0 spiro atoms. The van der Waals surface area contributed by atoms with E-state index in [9.17, 15) is 4.79 Å². The molecule has 1 amide bonds. The van der Waals surface area contributed by atoms with Gasteiger partial charge in [-0.2, -0.15) is 5.10 Å². The van der Waals surface area contributed by atoms with Gasteiger partial charge in [0.1, 0.15) is 0 Å². The van der Waals surface area contributed by atoms with Crippen molar-refractivity contribution in [3.8, 4) is 0 Å². The molecule has 25 heavy (non-hydrogen) atoms. The Morgan fingerprint density at radius 3 is 2.88 bits per heavy atom. The Morgan fingerprint density at radius 1 is 1.28 bits per heavy atom. The lowest BCUT2D eigenvalue weighted by Gasteiger charge is -2.31. The fourth-order valence-electron chi connectivity index (χ4n) is 3.91. The normalized spacial score (nSPS) is 21.8. The minimum Gasteiger partial charge on any atom is -0.338 e. The summed E-state index contributed by atoms with van der Waals surface area (Å²) in [6, 6.07) is 6.58. The molecule has 2 saturated heterocycles. The molecule has 5 nitrogen and oxygen atoms in total. The Morgan fingerprint density at radius 2 is 2.16 bits per heavy atom. The van der Waals surface area contributed by atoms with Gasteiger partial charge in [-0.05, 0) is 62.8 Å². The first kappa shape index (κ1) is 16.8. The summed E-state index contributed by atoms with van der Waals surface area (Å²) < 4.78 is 2.00. The van der Waals surface area contributed by atoms with Gasteiger partial charge in [0.05, 0.1) is 4.88 Å². The van der Waals surface area contributed by atoms with E-state index in [1.807, 2.05) is 34.1 Å². The highest BCUT2D eigenvalue weighted by molar-refractivity contribution is 7.14. The number of aromatic nitrogens is 2. The Bertz CT molecular complexity index is 682. The number of rotatable bonds is 5. The monoisotopic (exact) mass is 358 g/mol. The summed E-state index contributed by atoms with van der Waals surface area (Å²) in [5.41, 5.74) is 0. The zero-order valence-electron chi connectivity index (χ0n) is 14.6. The number of hydrogen-bond donors (Lipinski definition) is 1. The molecule has 2 aromatic heterocycles. The predicted octanol–water partition coefficient (Wildman–Crippen LogP) is 3.31. The summed E-state index contributed by atoms with van der Waals surface area (Å²) in [6.45, 7) is 3.85. The second kappa shape index (κ2) is 7.70. The SMILES string of the molecule is O=C(c1ccc(C2CCCN2)s1)N1CCC(CCn2cccn2)CC1. The van der Waals surface area contributed by atoms with Gasteiger partial charge >= 0.3 is 0 Å². The van der Waals surface area contributed by atoms with Crippen molar-refractivity contribution < 1.29 is 4.79 Å². The lowest BCUT2D eigenvalue weighted by molar-refractivity contribution is 0.0689. The molecule has 4 rings (SSSR count). The highest BCUT2D eigenvalue weighted by Gasteiger charge is 2.26. The van der Waals surface area contributed by atoms with Gasteiger partial charge in [0.2, 0.25) is 0 Å². The molecule has 2 aromatic rings.